The summed E-state index contributed by atoms with van der Waals surface area (Å²) >= 11 is 12.3. The fraction of sp³-hybridized carbons (Fsp3) is 0.0769. The predicted octanol–water partition coefficient (Wildman–Crippen LogP) is 2.15. The van der Waals surface area contributed by atoms with Crippen molar-refractivity contribution in [3.05, 3.63) is 46.5 Å². The maximum Gasteiger partial charge on any atom is 0.271 e. The van der Waals surface area contributed by atoms with E-state index in [0.717, 1.165) is 0 Å². The summed E-state index contributed by atoms with van der Waals surface area (Å²) in [5, 5.41) is 11.8. The highest BCUT2D eigenvalue weighted by atomic mass is 35.5. The average molecular weight is 352 g/mol. The molecule has 2 heterocycles. The Bertz CT molecular complexity index is 866. The van der Waals surface area contributed by atoms with Gasteiger partial charge in [-0.3, -0.25) is 4.79 Å². The van der Waals surface area contributed by atoms with Crippen molar-refractivity contribution in [2.24, 2.45) is 12.8 Å². The first kappa shape index (κ1) is 15.3. The molecular weight excluding hydrogens is 341 g/mol. The van der Waals surface area contributed by atoms with E-state index in [4.69, 9.17) is 28.9 Å². The molecule has 0 spiro atoms. The monoisotopic (exact) mass is 351 g/mol. The number of halogens is 2. The van der Waals surface area contributed by atoms with Crippen LogP contribution in [0.1, 0.15) is 10.5 Å². The zero-order valence-corrected chi connectivity index (χ0v) is 13.4. The van der Waals surface area contributed by atoms with Gasteiger partial charge < -0.3 is 11.1 Å². The Labute approximate surface area is 140 Å². The molecule has 23 heavy (non-hydrogen) atoms. The van der Waals surface area contributed by atoms with Crippen LogP contribution < -0.4 is 11.1 Å². The minimum Gasteiger partial charge on any atom is -0.364 e. The number of nitrogens with zero attached hydrogens (tertiary/aromatic N) is 5. The Morgan fingerprint density at radius 2 is 2.00 bits per heavy atom. The Balaban J connectivity index is 2.09. The Morgan fingerprint density at radius 3 is 2.57 bits per heavy atom. The maximum absolute atomic E-state index is 11.6. The van der Waals surface area contributed by atoms with E-state index < -0.39 is 5.91 Å². The molecule has 0 saturated heterocycles. The lowest BCUT2D eigenvalue weighted by Crippen LogP contribution is -2.14. The number of rotatable bonds is 4. The van der Waals surface area contributed by atoms with Gasteiger partial charge in [-0.05, 0) is 12.1 Å². The second-order valence-corrected chi connectivity index (χ2v) is 5.42. The molecule has 8 nitrogen and oxygen atoms in total. The number of carbonyl (C=O) groups excluding carboxylic acids is 1. The quantitative estimate of drug-likeness (QED) is 0.749. The van der Waals surface area contributed by atoms with Gasteiger partial charge in [0.2, 0.25) is 5.95 Å². The van der Waals surface area contributed by atoms with E-state index in [2.05, 4.69) is 20.5 Å². The van der Waals surface area contributed by atoms with Gasteiger partial charge in [0.25, 0.3) is 5.91 Å². The Morgan fingerprint density at radius 1 is 1.30 bits per heavy atom. The minimum absolute atomic E-state index is 0.0315. The van der Waals surface area contributed by atoms with Crippen molar-refractivity contribution in [1.82, 2.24) is 24.5 Å². The van der Waals surface area contributed by atoms with Gasteiger partial charge in [-0.15, -0.1) is 0 Å². The zero-order chi connectivity index (χ0) is 16.6. The molecule has 3 aromatic rings. The number of anilines is 2. The van der Waals surface area contributed by atoms with E-state index in [-0.39, 0.29) is 5.69 Å². The largest absolute Gasteiger partial charge is 0.364 e. The van der Waals surface area contributed by atoms with Crippen molar-refractivity contribution in [3.63, 3.8) is 0 Å². The van der Waals surface area contributed by atoms with Gasteiger partial charge >= 0.3 is 0 Å². The second kappa shape index (κ2) is 5.90. The summed E-state index contributed by atoms with van der Waals surface area (Å²) in [5.74, 6) is -0.270. The predicted molar refractivity (Wildman–Crippen MR) is 86.4 cm³/mol. The summed E-state index contributed by atoms with van der Waals surface area (Å²) in [5.41, 5.74) is 6.23. The van der Waals surface area contributed by atoms with Crippen LogP contribution in [0.25, 0.3) is 5.69 Å². The first-order valence-corrected chi connectivity index (χ1v) is 7.18. The first-order valence-electron chi connectivity index (χ1n) is 6.42. The van der Waals surface area contributed by atoms with Crippen LogP contribution in [0.2, 0.25) is 10.0 Å². The van der Waals surface area contributed by atoms with E-state index in [1.54, 1.807) is 31.4 Å². The fourth-order valence-corrected chi connectivity index (χ4v) is 2.57. The van der Waals surface area contributed by atoms with Crippen molar-refractivity contribution in [3.8, 4) is 5.69 Å². The molecule has 10 heteroatoms. The molecule has 1 amide bonds. The van der Waals surface area contributed by atoms with Gasteiger partial charge in [0.05, 0.1) is 21.9 Å². The second-order valence-electron chi connectivity index (χ2n) is 4.60. The molecule has 0 aliphatic rings. The van der Waals surface area contributed by atoms with Gasteiger partial charge in [-0.1, -0.05) is 29.3 Å². The maximum atomic E-state index is 11.6. The summed E-state index contributed by atoms with van der Waals surface area (Å²) in [6.45, 7) is 0. The number of hydrogen-bond donors (Lipinski definition) is 2. The molecule has 0 fully saturated rings. The molecular formula is C13H11Cl2N7O. The lowest BCUT2D eigenvalue weighted by atomic mass is 10.3. The number of benzene rings is 1. The van der Waals surface area contributed by atoms with Gasteiger partial charge in [0.15, 0.2) is 5.69 Å². The molecule has 2 aromatic heterocycles. The van der Waals surface area contributed by atoms with Gasteiger partial charge in [0, 0.05) is 7.05 Å². The average Bonchev–Trinajstić information content (AvgIpc) is 3.07. The number of aryl methyl sites for hydroxylation is 1. The summed E-state index contributed by atoms with van der Waals surface area (Å²) in [6, 6.07) is 5.06. The summed E-state index contributed by atoms with van der Waals surface area (Å²) in [6.07, 6.45) is 2.93. The molecule has 0 unspecified atom stereocenters. The number of amides is 1. The molecule has 118 valence electrons. The molecule has 0 aliphatic carbocycles. The number of carbonyl (C=O) groups is 1. The number of nitrogens with one attached hydrogen (secondary N) is 1. The van der Waals surface area contributed by atoms with Gasteiger partial charge in [0.1, 0.15) is 12.0 Å². The standard InChI is InChI=1S/C13H11Cl2N7O/c1-21-13(17-6-18-21)19-9-5-22(20-10(9)12(16)23)11-7(14)3-2-4-8(11)15/h2-6H,1H3,(H2,16,23)(H,17,18,19). The van der Waals surface area contributed by atoms with E-state index in [0.29, 0.717) is 27.4 Å². The number of aromatic nitrogens is 5. The smallest absolute Gasteiger partial charge is 0.271 e. The third-order valence-electron chi connectivity index (χ3n) is 3.07. The third-order valence-corrected chi connectivity index (χ3v) is 3.68. The van der Waals surface area contributed by atoms with Crippen LogP contribution in [0, 0.1) is 0 Å². The van der Waals surface area contributed by atoms with Crippen LogP contribution in [-0.2, 0) is 7.05 Å². The zero-order valence-electron chi connectivity index (χ0n) is 11.9. The molecule has 0 saturated carbocycles. The highest BCUT2D eigenvalue weighted by Gasteiger charge is 2.19. The lowest BCUT2D eigenvalue weighted by molar-refractivity contribution is 0.0996. The number of hydrogen-bond acceptors (Lipinski definition) is 5. The number of nitrogens with two attached hydrogens (primary N) is 1. The van der Waals surface area contributed by atoms with Crippen molar-refractivity contribution >= 4 is 40.7 Å². The normalized spacial score (nSPS) is 10.7. The minimum atomic E-state index is -0.698. The molecule has 3 rings (SSSR count). The highest BCUT2D eigenvalue weighted by molar-refractivity contribution is 6.37. The van der Waals surface area contributed by atoms with Crippen molar-refractivity contribution < 1.29 is 4.79 Å². The van der Waals surface area contributed by atoms with E-state index >= 15 is 0 Å². The van der Waals surface area contributed by atoms with E-state index in [1.807, 2.05) is 0 Å². The van der Waals surface area contributed by atoms with Crippen molar-refractivity contribution in [1.29, 1.82) is 0 Å². The molecule has 0 bridgehead atoms. The molecule has 0 atom stereocenters. The van der Waals surface area contributed by atoms with E-state index in [9.17, 15) is 4.79 Å². The summed E-state index contributed by atoms with van der Waals surface area (Å²) in [4.78, 5) is 15.7. The number of primary amides is 1. The van der Waals surface area contributed by atoms with Crippen LogP contribution >= 0.6 is 23.2 Å². The van der Waals surface area contributed by atoms with Crippen molar-refractivity contribution in [2.75, 3.05) is 5.32 Å². The van der Waals surface area contributed by atoms with Crippen LogP contribution in [0.4, 0.5) is 11.6 Å². The first-order chi connectivity index (χ1) is 11.0. The lowest BCUT2D eigenvalue weighted by Gasteiger charge is -2.06. The van der Waals surface area contributed by atoms with Crippen LogP contribution in [-0.4, -0.2) is 30.5 Å². The van der Waals surface area contributed by atoms with Crippen molar-refractivity contribution in [2.45, 2.75) is 0 Å². The molecule has 0 aliphatic heterocycles. The molecule has 0 radical (unpaired) electrons. The highest BCUT2D eigenvalue weighted by Crippen LogP contribution is 2.30. The van der Waals surface area contributed by atoms with Gasteiger partial charge in [-0.25, -0.2) is 9.36 Å². The van der Waals surface area contributed by atoms with Crippen LogP contribution in [0.5, 0.6) is 0 Å². The van der Waals surface area contributed by atoms with E-state index in [1.165, 1.54) is 15.7 Å². The van der Waals surface area contributed by atoms with Crippen LogP contribution in [0.3, 0.4) is 0 Å². The van der Waals surface area contributed by atoms with Crippen LogP contribution in [0.15, 0.2) is 30.7 Å². The summed E-state index contributed by atoms with van der Waals surface area (Å²) in [7, 11) is 1.70. The summed E-state index contributed by atoms with van der Waals surface area (Å²) < 4.78 is 2.90. The Kier molecular flexibility index (Phi) is 3.93. The third kappa shape index (κ3) is 2.86. The number of para-hydroxylation sites is 1. The SMILES string of the molecule is Cn1ncnc1Nc1cn(-c2c(Cl)cccc2Cl)nc1C(N)=O. The fourth-order valence-electron chi connectivity index (χ4n) is 2.00. The molecule has 1 aromatic carbocycles. The Hall–Kier alpha value is -2.58. The topological polar surface area (TPSA) is 104 Å². The van der Waals surface area contributed by atoms with Gasteiger partial charge in [-0.2, -0.15) is 15.2 Å². The molecule has 3 N–H and O–H groups in total.